The van der Waals surface area contributed by atoms with Crippen LogP contribution in [0.1, 0.15) is 20.3 Å². The SMILES string of the molecule is C/C=C(/CC)OP(=O)(Oc1cccc(O)c1)Oc1cccc(OP=O)c1. The van der Waals surface area contributed by atoms with E-state index < -0.39 is 16.5 Å². The van der Waals surface area contributed by atoms with Crippen molar-refractivity contribution in [2.24, 2.45) is 0 Å². The van der Waals surface area contributed by atoms with Crippen LogP contribution in [-0.2, 0) is 13.7 Å². The van der Waals surface area contributed by atoms with E-state index in [1.165, 1.54) is 36.4 Å². The van der Waals surface area contributed by atoms with Gasteiger partial charge in [-0.15, -0.1) is 0 Å². The fraction of sp³-hybridized carbons (Fsp3) is 0.176. The Morgan fingerprint density at radius 2 is 1.73 bits per heavy atom. The Hall–Kier alpha value is -2.49. The van der Waals surface area contributed by atoms with Gasteiger partial charge in [0.15, 0.2) is 0 Å². The second-order valence-corrected chi connectivity index (χ2v) is 6.74. The number of hydrogen-bond donors (Lipinski definition) is 1. The highest BCUT2D eigenvalue weighted by Crippen LogP contribution is 2.52. The smallest absolute Gasteiger partial charge is 0.508 e. The molecule has 0 aromatic heterocycles. The summed E-state index contributed by atoms with van der Waals surface area (Å²) >= 11 is 0. The zero-order chi connectivity index (χ0) is 19.0. The molecule has 0 spiro atoms. The molecule has 26 heavy (non-hydrogen) atoms. The Morgan fingerprint density at radius 3 is 2.31 bits per heavy atom. The summed E-state index contributed by atoms with van der Waals surface area (Å²) in [7, 11) is -4.65. The molecule has 9 heteroatoms. The van der Waals surface area contributed by atoms with E-state index in [9.17, 15) is 14.2 Å². The number of phosphoric acid groups is 1. The minimum Gasteiger partial charge on any atom is -0.508 e. The molecule has 0 aliphatic carbocycles. The first kappa shape index (κ1) is 19.8. The van der Waals surface area contributed by atoms with Crippen LogP contribution in [0.2, 0.25) is 0 Å². The molecule has 2 rings (SSSR count). The molecule has 0 saturated carbocycles. The molecule has 0 aliphatic heterocycles. The topological polar surface area (TPSA) is 91.3 Å². The van der Waals surface area contributed by atoms with Crippen molar-refractivity contribution in [3.05, 3.63) is 60.4 Å². The van der Waals surface area contributed by atoms with Gasteiger partial charge in [-0.1, -0.05) is 19.1 Å². The highest BCUT2D eigenvalue weighted by atomic mass is 31.2. The van der Waals surface area contributed by atoms with Gasteiger partial charge in [-0.3, -0.25) is 0 Å². The Labute approximate surface area is 153 Å². The van der Waals surface area contributed by atoms with E-state index in [1.54, 1.807) is 25.1 Å². The fourth-order valence-electron chi connectivity index (χ4n) is 1.95. The van der Waals surface area contributed by atoms with Gasteiger partial charge < -0.3 is 23.2 Å². The molecule has 1 atom stereocenters. The van der Waals surface area contributed by atoms with Crippen LogP contribution >= 0.6 is 16.5 Å². The molecular formula is C17H18O7P2. The van der Waals surface area contributed by atoms with Gasteiger partial charge in [0.25, 0.3) is 0 Å². The van der Waals surface area contributed by atoms with Crippen LogP contribution < -0.4 is 13.6 Å². The molecule has 1 N–H and O–H groups in total. The number of phosphoric ester groups is 1. The van der Waals surface area contributed by atoms with E-state index in [-0.39, 0.29) is 23.0 Å². The predicted molar refractivity (Wildman–Crippen MR) is 96.8 cm³/mol. The van der Waals surface area contributed by atoms with E-state index in [2.05, 4.69) is 0 Å². The molecule has 0 saturated heterocycles. The van der Waals surface area contributed by atoms with E-state index in [0.29, 0.717) is 12.2 Å². The third-order valence-electron chi connectivity index (χ3n) is 3.10. The van der Waals surface area contributed by atoms with Gasteiger partial charge in [-0.25, -0.2) is 4.57 Å². The number of allylic oxidation sites excluding steroid dienone is 2. The lowest BCUT2D eigenvalue weighted by Gasteiger charge is -2.20. The average Bonchev–Trinajstić information content (AvgIpc) is 2.60. The van der Waals surface area contributed by atoms with Crippen molar-refractivity contribution in [1.82, 2.24) is 0 Å². The van der Waals surface area contributed by atoms with Crippen molar-refractivity contribution in [3.63, 3.8) is 0 Å². The number of benzene rings is 2. The third kappa shape index (κ3) is 5.80. The molecule has 0 aliphatic rings. The molecule has 0 fully saturated rings. The summed E-state index contributed by atoms with van der Waals surface area (Å²) in [6.45, 7) is 3.56. The van der Waals surface area contributed by atoms with Crippen molar-refractivity contribution >= 4 is 16.5 Å². The molecule has 0 amide bonds. The van der Waals surface area contributed by atoms with E-state index in [0.717, 1.165) is 0 Å². The van der Waals surface area contributed by atoms with Gasteiger partial charge in [-0.05, 0) is 37.3 Å². The molecule has 2 aromatic carbocycles. The Morgan fingerprint density at radius 1 is 1.12 bits per heavy atom. The minimum atomic E-state index is -4.13. The Kier molecular flexibility index (Phi) is 7.07. The van der Waals surface area contributed by atoms with Crippen LogP contribution in [-0.4, -0.2) is 5.11 Å². The second kappa shape index (κ2) is 9.27. The summed E-state index contributed by atoms with van der Waals surface area (Å²) < 4.78 is 44.9. The summed E-state index contributed by atoms with van der Waals surface area (Å²) in [6.07, 6.45) is 2.13. The first-order valence-electron chi connectivity index (χ1n) is 7.70. The molecule has 0 bridgehead atoms. The lowest BCUT2D eigenvalue weighted by Crippen LogP contribution is -2.05. The first-order valence-corrected chi connectivity index (χ1v) is 9.90. The average molecular weight is 396 g/mol. The lowest BCUT2D eigenvalue weighted by atomic mass is 10.3. The van der Waals surface area contributed by atoms with Gasteiger partial charge in [0.1, 0.15) is 28.8 Å². The second-order valence-electron chi connectivity index (χ2n) is 4.97. The van der Waals surface area contributed by atoms with Gasteiger partial charge in [-0.2, -0.15) is 4.57 Å². The Bertz CT molecular complexity index is 835. The van der Waals surface area contributed by atoms with Crippen LogP contribution in [0.4, 0.5) is 0 Å². The largest absolute Gasteiger partial charge is 0.646 e. The van der Waals surface area contributed by atoms with Gasteiger partial charge in [0.2, 0.25) is 0 Å². The lowest BCUT2D eigenvalue weighted by molar-refractivity contribution is 0.251. The summed E-state index contributed by atoms with van der Waals surface area (Å²) in [6, 6.07) is 11.8. The highest BCUT2D eigenvalue weighted by molar-refractivity contribution is 7.49. The molecule has 1 unspecified atom stereocenters. The maximum Gasteiger partial charge on any atom is 0.646 e. The van der Waals surface area contributed by atoms with Crippen molar-refractivity contribution in [3.8, 4) is 23.0 Å². The standard InChI is InChI=1S/C17H18O7P2/c1-3-14(4-2)22-26(20,23-16-9-5-7-13(18)11-16)24-17-10-6-8-15(12-17)21-25-19/h3,5-12,18H,4H2,1-2H3/b14-3-. The molecule has 0 radical (unpaired) electrons. The van der Waals surface area contributed by atoms with E-state index >= 15 is 0 Å². The molecule has 2 aromatic rings. The minimum absolute atomic E-state index is 0.0550. The van der Waals surface area contributed by atoms with Crippen LogP contribution in [0.25, 0.3) is 0 Å². The summed E-state index contributed by atoms with van der Waals surface area (Å²) in [5.74, 6) is 0.871. The third-order valence-corrected chi connectivity index (χ3v) is 4.71. The first-order chi connectivity index (χ1) is 12.5. The normalized spacial score (nSPS) is 13.7. The molecule has 7 nitrogen and oxygen atoms in total. The maximum absolute atomic E-state index is 13.2. The number of hydrogen-bond acceptors (Lipinski definition) is 7. The van der Waals surface area contributed by atoms with Crippen molar-refractivity contribution in [2.75, 3.05) is 0 Å². The highest BCUT2D eigenvalue weighted by Gasteiger charge is 2.33. The van der Waals surface area contributed by atoms with Crippen LogP contribution in [0.3, 0.4) is 0 Å². The number of phenols is 1. The molecule has 138 valence electrons. The summed E-state index contributed by atoms with van der Waals surface area (Å²) in [5.41, 5.74) is 0. The predicted octanol–water partition coefficient (Wildman–Crippen LogP) is 5.87. The van der Waals surface area contributed by atoms with Crippen molar-refractivity contribution in [1.29, 1.82) is 0 Å². The number of phenolic OH excluding ortho intramolecular Hbond substituents is 1. The zero-order valence-electron chi connectivity index (χ0n) is 14.2. The van der Waals surface area contributed by atoms with Crippen LogP contribution in [0.5, 0.6) is 23.0 Å². The Balaban J connectivity index is 2.32. The number of rotatable bonds is 9. The van der Waals surface area contributed by atoms with E-state index in [1.807, 2.05) is 6.92 Å². The van der Waals surface area contributed by atoms with Crippen molar-refractivity contribution < 1.29 is 32.3 Å². The summed E-state index contributed by atoms with van der Waals surface area (Å²) in [5, 5.41) is 9.56. The van der Waals surface area contributed by atoms with Gasteiger partial charge in [0, 0.05) is 18.6 Å². The van der Waals surface area contributed by atoms with Gasteiger partial charge >= 0.3 is 16.5 Å². The van der Waals surface area contributed by atoms with Crippen LogP contribution in [0.15, 0.2) is 60.4 Å². The quantitative estimate of drug-likeness (QED) is 0.418. The zero-order valence-corrected chi connectivity index (χ0v) is 16.0. The van der Waals surface area contributed by atoms with E-state index in [4.69, 9.17) is 18.1 Å². The maximum atomic E-state index is 13.2. The summed E-state index contributed by atoms with van der Waals surface area (Å²) in [4.78, 5) is 0. The fourth-order valence-corrected chi connectivity index (χ4v) is 3.53. The van der Waals surface area contributed by atoms with Crippen LogP contribution in [0, 0.1) is 0 Å². The van der Waals surface area contributed by atoms with Crippen molar-refractivity contribution in [2.45, 2.75) is 20.3 Å². The van der Waals surface area contributed by atoms with Gasteiger partial charge in [0.05, 0.1) is 0 Å². The number of aromatic hydroxyl groups is 1. The molecular weight excluding hydrogens is 378 g/mol. The molecule has 0 heterocycles. The monoisotopic (exact) mass is 396 g/mol.